The van der Waals surface area contributed by atoms with Crippen LogP contribution in [0.15, 0.2) is 35.6 Å². The van der Waals surface area contributed by atoms with Crippen molar-refractivity contribution in [3.05, 3.63) is 47.0 Å². The molecule has 6 nitrogen and oxygen atoms in total. The summed E-state index contributed by atoms with van der Waals surface area (Å²) in [6.07, 6.45) is 2.41. The first-order valence-electron chi connectivity index (χ1n) is 7.98. The van der Waals surface area contributed by atoms with Crippen LogP contribution in [-0.4, -0.2) is 34.1 Å². The van der Waals surface area contributed by atoms with E-state index in [1.807, 2.05) is 6.92 Å². The van der Waals surface area contributed by atoms with Crippen LogP contribution >= 0.6 is 23.4 Å². The molecule has 2 N–H and O–H groups in total. The van der Waals surface area contributed by atoms with E-state index in [4.69, 9.17) is 11.6 Å². The van der Waals surface area contributed by atoms with Crippen molar-refractivity contribution in [3.63, 3.8) is 0 Å². The Labute approximate surface area is 159 Å². The Morgan fingerprint density at radius 3 is 2.69 bits per heavy atom. The number of nitrogens with one attached hydrogen (secondary N) is 2. The summed E-state index contributed by atoms with van der Waals surface area (Å²) in [6, 6.07) is 5.43. The van der Waals surface area contributed by atoms with Crippen molar-refractivity contribution < 1.29 is 14.0 Å². The molecule has 0 aliphatic rings. The molecule has 0 bridgehead atoms. The summed E-state index contributed by atoms with van der Waals surface area (Å²) in [5.41, 5.74) is 0.568. The van der Waals surface area contributed by atoms with Crippen molar-refractivity contribution in [1.82, 2.24) is 15.3 Å². The topological polar surface area (TPSA) is 84.0 Å². The first kappa shape index (κ1) is 20.1. The molecule has 1 aromatic carbocycles. The highest BCUT2D eigenvalue weighted by atomic mass is 35.5. The summed E-state index contributed by atoms with van der Waals surface area (Å²) in [5, 5.41) is 5.85. The number of aromatic nitrogens is 2. The van der Waals surface area contributed by atoms with Gasteiger partial charge in [0.15, 0.2) is 10.9 Å². The maximum atomic E-state index is 12.8. The predicted molar refractivity (Wildman–Crippen MR) is 100 cm³/mol. The van der Waals surface area contributed by atoms with Crippen LogP contribution in [0, 0.1) is 5.82 Å². The minimum absolute atomic E-state index is 0.0588. The van der Waals surface area contributed by atoms with Gasteiger partial charge in [0, 0.05) is 24.4 Å². The molecule has 2 amide bonds. The molecule has 2 aromatic rings. The van der Waals surface area contributed by atoms with Crippen LogP contribution in [0.3, 0.4) is 0 Å². The number of anilines is 1. The molecule has 1 heterocycles. The van der Waals surface area contributed by atoms with E-state index in [0.717, 1.165) is 12.2 Å². The summed E-state index contributed by atoms with van der Waals surface area (Å²) >= 11 is 7.42. The van der Waals surface area contributed by atoms with Crippen LogP contribution in [0.2, 0.25) is 5.02 Å². The van der Waals surface area contributed by atoms with Gasteiger partial charge in [-0.15, -0.1) is 0 Å². The normalized spacial score (nSPS) is 10.4. The SMILES string of the molecule is CCCSc1ncc(Cl)c(C(=O)NCCC(=O)Nc2ccc(F)cc2)n1. The zero-order chi connectivity index (χ0) is 18.9. The number of benzene rings is 1. The van der Waals surface area contributed by atoms with Gasteiger partial charge >= 0.3 is 0 Å². The second kappa shape index (κ2) is 10.1. The molecular formula is C17H18ClFN4O2S. The van der Waals surface area contributed by atoms with Gasteiger partial charge in [-0.1, -0.05) is 30.3 Å². The van der Waals surface area contributed by atoms with E-state index in [2.05, 4.69) is 20.6 Å². The van der Waals surface area contributed by atoms with Gasteiger partial charge in [-0.05, 0) is 30.7 Å². The Hall–Kier alpha value is -2.19. The molecule has 9 heteroatoms. The molecule has 0 fully saturated rings. The van der Waals surface area contributed by atoms with E-state index in [1.54, 1.807) is 0 Å². The summed E-state index contributed by atoms with van der Waals surface area (Å²) < 4.78 is 12.8. The number of nitrogens with zero attached hydrogens (tertiary/aromatic N) is 2. The van der Waals surface area contributed by atoms with Crippen molar-refractivity contribution in [1.29, 1.82) is 0 Å². The molecule has 0 aliphatic heterocycles. The van der Waals surface area contributed by atoms with E-state index >= 15 is 0 Å². The maximum absolute atomic E-state index is 12.8. The van der Waals surface area contributed by atoms with Crippen LogP contribution < -0.4 is 10.6 Å². The Bertz CT molecular complexity index is 774. The molecule has 0 aliphatic carbocycles. The van der Waals surface area contributed by atoms with Crippen LogP contribution in [0.5, 0.6) is 0 Å². The van der Waals surface area contributed by atoms with Crippen molar-refractivity contribution in [2.75, 3.05) is 17.6 Å². The lowest BCUT2D eigenvalue weighted by Gasteiger charge is -2.08. The van der Waals surface area contributed by atoms with Crippen LogP contribution in [0.4, 0.5) is 10.1 Å². The van der Waals surface area contributed by atoms with Crippen molar-refractivity contribution in [2.45, 2.75) is 24.9 Å². The summed E-state index contributed by atoms with van der Waals surface area (Å²) in [7, 11) is 0. The molecule has 138 valence electrons. The Kier molecular flexibility index (Phi) is 7.80. The van der Waals surface area contributed by atoms with Gasteiger partial charge in [0.25, 0.3) is 5.91 Å². The summed E-state index contributed by atoms with van der Waals surface area (Å²) in [6.45, 7) is 2.15. The first-order chi connectivity index (χ1) is 12.5. The monoisotopic (exact) mass is 396 g/mol. The van der Waals surface area contributed by atoms with Crippen molar-refractivity contribution >= 4 is 40.9 Å². The standard InChI is InChI=1S/C17H18ClFN4O2S/c1-2-9-26-17-21-10-13(18)15(23-17)16(25)20-8-7-14(24)22-12-5-3-11(19)4-6-12/h3-6,10H,2,7-9H2,1H3,(H,20,25)(H,22,24). The number of hydrogen-bond acceptors (Lipinski definition) is 5. The lowest BCUT2D eigenvalue weighted by Crippen LogP contribution is -2.28. The fraction of sp³-hybridized carbons (Fsp3) is 0.294. The zero-order valence-corrected chi connectivity index (χ0v) is 15.7. The number of halogens is 2. The smallest absolute Gasteiger partial charge is 0.271 e. The Morgan fingerprint density at radius 1 is 1.27 bits per heavy atom. The number of rotatable bonds is 8. The number of carbonyl (C=O) groups is 2. The van der Waals surface area contributed by atoms with Gasteiger partial charge in [-0.25, -0.2) is 14.4 Å². The quantitative estimate of drug-likeness (QED) is 0.526. The molecule has 26 heavy (non-hydrogen) atoms. The summed E-state index contributed by atoms with van der Waals surface area (Å²) in [4.78, 5) is 32.3. The van der Waals surface area contributed by atoms with Crippen LogP contribution in [0.25, 0.3) is 0 Å². The number of amides is 2. The van der Waals surface area contributed by atoms with Gasteiger partial charge < -0.3 is 10.6 Å². The average Bonchev–Trinajstić information content (AvgIpc) is 2.63. The average molecular weight is 397 g/mol. The number of thioether (sulfide) groups is 1. The van der Waals surface area contributed by atoms with E-state index in [9.17, 15) is 14.0 Å². The highest BCUT2D eigenvalue weighted by molar-refractivity contribution is 7.99. The maximum Gasteiger partial charge on any atom is 0.271 e. The Balaban J connectivity index is 1.84. The number of hydrogen-bond donors (Lipinski definition) is 2. The highest BCUT2D eigenvalue weighted by Gasteiger charge is 2.14. The van der Waals surface area contributed by atoms with E-state index < -0.39 is 5.91 Å². The lowest BCUT2D eigenvalue weighted by atomic mass is 10.3. The Morgan fingerprint density at radius 2 is 2.00 bits per heavy atom. The van der Waals surface area contributed by atoms with Gasteiger partial charge in [0.2, 0.25) is 5.91 Å². The fourth-order valence-corrected chi connectivity index (χ4v) is 2.75. The van der Waals surface area contributed by atoms with E-state index in [0.29, 0.717) is 10.8 Å². The zero-order valence-electron chi connectivity index (χ0n) is 14.1. The third-order valence-electron chi connectivity index (χ3n) is 3.14. The van der Waals surface area contributed by atoms with Gasteiger partial charge in [0.05, 0.1) is 11.2 Å². The third-order valence-corrected chi connectivity index (χ3v) is 4.48. The summed E-state index contributed by atoms with van der Waals surface area (Å²) in [5.74, 6) is -0.310. The molecule has 0 saturated carbocycles. The largest absolute Gasteiger partial charge is 0.350 e. The van der Waals surface area contributed by atoms with Crippen LogP contribution in [-0.2, 0) is 4.79 Å². The molecule has 0 radical (unpaired) electrons. The van der Waals surface area contributed by atoms with E-state index in [-0.39, 0.29) is 35.4 Å². The molecule has 0 spiro atoms. The minimum Gasteiger partial charge on any atom is -0.350 e. The first-order valence-corrected chi connectivity index (χ1v) is 9.35. The number of carbonyl (C=O) groups excluding carboxylic acids is 2. The third kappa shape index (κ3) is 6.27. The molecule has 0 atom stereocenters. The molecule has 0 unspecified atom stereocenters. The molecule has 1 aromatic heterocycles. The van der Waals surface area contributed by atoms with Crippen molar-refractivity contribution in [3.8, 4) is 0 Å². The molecule has 2 rings (SSSR count). The van der Waals surface area contributed by atoms with E-state index in [1.165, 1.54) is 42.2 Å². The van der Waals surface area contributed by atoms with Gasteiger partial charge in [-0.3, -0.25) is 9.59 Å². The molecular weight excluding hydrogens is 379 g/mol. The van der Waals surface area contributed by atoms with Gasteiger partial charge in [0.1, 0.15) is 5.82 Å². The second-order valence-electron chi connectivity index (χ2n) is 5.26. The van der Waals surface area contributed by atoms with Crippen LogP contribution in [0.1, 0.15) is 30.3 Å². The molecule has 0 saturated heterocycles. The predicted octanol–water partition coefficient (Wildman–Crippen LogP) is 3.53. The lowest BCUT2D eigenvalue weighted by molar-refractivity contribution is -0.116. The minimum atomic E-state index is -0.467. The second-order valence-corrected chi connectivity index (χ2v) is 6.73. The fourth-order valence-electron chi connectivity index (χ4n) is 1.90. The van der Waals surface area contributed by atoms with Gasteiger partial charge in [-0.2, -0.15) is 0 Å². The van der Waals surface area contributed by atoms with Crippen molar-refractivity contribution in [2.24, 2.45) is 0 Å². The highest BCUT2D eigenvalue weighted by Crippen LogP contribution is 2.18.